The Morgan fingerprint density at radius 3 is 1.25 bits per heavy atom. The molecule has 19 aromatic carbocycles. The number of ether oxygens (including phenoxy) is 1. The van der Waals surface area contributed by atoms with Gasteiger partial charge in [-0.05, 0) is 264 Å². The summed E-state index contributed by atoms with van der Waals surface area (Å²) in [7, 11) is 1.73. The number of fused-ring (bicyclic) bond motifs is 15. The van der Waals surface area contributed by atoms with E-state index in [4.69, 9.17) is 4.74 Å². The highest BCUT2D eigenvalue weighted by molar-refractivity contribution is 7.25. The molecular formula is C121H92N6OS. The summed E-state index contributed by atoms with van der Waals surface area (Å²) in [6, 6.07) is 162. The standard InChI is InChI=1S/C46H36N2.C38H30N2.C37H26N2OS/c1-31-21-27-39-44(29-31)48(34-15-8-5-9-16-34)43-20-12-19-42(45(39)43)47(35-24-22-33(23-25-35)32-13-6-4-7-14-32)36-26-28-38-37-17-10-11-18-40(37)46(2,3)41(38)30-36;1-27-25-28(2)38-34(26-27)37-35(19-12-20-36(37)40(38)32-17-10-5-11-18-32)39(31-15-8-4-9-16-31)33-23-21-30(22-24-33)29-13-6-3-7-14-29;1-40-28-20-21-32-31(24-28)37-33(16-10-17-34(37)39(32)26-13-6-3-7-14-26)38(25-11-4-2-5-12-25)27-19-22-36-30(23-27)29-15-8-9-18-35(29)41-36/h4-30H,1-3H3;3-26H,1-2H3;2-24H,1H3. The Hall–Kier alpha value is -16.0. The van der Waals surface area contributed by atoms with Crippen molar-refractivity contribution in [3.63, 3.8) is 0 Å². The molecular weight excluding hydrogens is 1590 g/mol. The van der Waals surface area contributed by atoms with Gasteiger partial charge in [0.15, 0.2) is 0 Å². The molecule has 8 heteroatoms. The summed E-state index contributed by atoms with van der Waals surface area (Å²) in [6.45, 7) is 11.3. The van der Waals surface area contributed by atoms with Crippen LogP contribution in [0.5, 0.6) is 5.75 Å². The molecule has 1 aliphatic carbocycles. The van der Waals surface area contributed by atoms with Gasteiger partial charge in [0.05, 0.1) is 57.3 Å². The van der Waals surface area contributed by atoms with Gasteiger partial charge in [0, 0.05) is 109 Å². The van der Waals surface area contributed by atoms with Crippen molar-refractivity contribution in [2.45, 2.75) is 40.0 Å². The Balaban J connectivity index is 0.000000114. The topological polar surface area (TPSA) is 33.7 Å². The first kappa shape index (κ1) is 78.9. The second-order valence-corrected chi connectivity index (χ2v) is 35.2. The maximum absolute atomic E-state index is 5.71. The largest absolute Gasteiger partial charge is 0.497 e. The highest BCUT2D eigenvalue weighted by Gasteiger charge is 2.37. The fraction of sp³-hybridized carbons (Fsp3) is 0.0579. The highest BCUT2D eigenvalue weighted by Crippen LogP contribution is 2.54. The molecule has 23 aromatic rings. The molecule has 0 saturated heterocycles. The molecule has 0 N–H and O–H groups in total. The van der Waals surface area contributed by atoms with Gasteiger partial charge < -0.3 is 33.1 Å². The van der Waals surface area contributed by atoms with Crippen molar-refractivity contribution in [1.82, 2.24) is 13.7 Å². The van der Waals surface area contributed by atoms with Crippen LogP contribution < -0.4 is 19.4 Å². The molecule has 0 radical (unpaired) electrons. The van der Waals surface area contributed by atoms with Crippen LogP contribution in [0, 0.1) is 20.8 Å². The number of rotatable bonds is 15. The van der Waals surface area contributed by atoms with E-state index in [1.54, 1.807) is 7.11 Å². The molecule has 618 valence electrons. The number of para-hydroxylation sites is 5. The number of hydrogen-bond acceptors (Lipinski definition) is 5. The lowest BCUT2D eigenvalue weighted by Gasteiger charge is -2.29. The lowest BCUT2D eigenvalue weighted by Crippen LogP contribution is -2.16. The lowest BCUT2D eigenvalue weighted by atomic mass is 9.82. The highest BCUT2D eigenvalue weighted by atomic mass is 32.1. The van der Waals surface area contributed by atoms with Gasteiger partial charge in [0.1, 0.15) is 5.75 Å². The van der Waals surface area contributed by atoms with Crippen LogP contribution in [0.15, 0.2) is 449 Å². The van der Waals surface area contributed by atoms with Crippen LogP contribution >= 0.6 is 11.3 Å². The zero-order valence-corrected chi connectivity index (χ0v) is 73.5. The van der Waals surface area contributed by atoms with E-state index in [1.165, 1.54) is 142 Å². The molecule has 0 atom stereocenters. The van der Waals surface area contributed by atoms with E-state index in [0.29, 0.717) is 0 Å². The summed E-state index contributed by atoms with van der Waals surface area (Å²) in [5, 5.41) is 9.93. The van der Waals surface area contributed by atoms with Crippen molar-refractivity contribution in [1.29, 1.82) is 0 Å². The van der Waals surface area contributed by atoms with E-state index in [-0.39, 0.29) is 5.41 Å². The molecule has 0 saturated carbocycles. The van der Waals surface area contributed by atoms with Crippen molar-refractivity contribution in [2.75, 3.05) is 21.8 Å². The molecule has 0 aliphatic heterocycles. The molecule has 0 spiro atoms. The van der Waals surface area contributed by atoms with Crippen LogP contribution in [-0.4, -0.2) is 20.8 Å². The molecule has 129 heavy (non-hydrogen) atoms. The maximum Gasteiger partial charge on any atom is 0.119 e. The van der Waals surface area contributed by atoms with E-state index >= 15 is 0 Å². The van der Waals surface area contributed by atoms with Crippen LogP contribution in [-0.2, 0) is 5.41 Å². The third-order valence-electron chi connectivity index (χ3n) is 25.8. The number of hydrogen-bond donors (Lipinski definition) is 0. The quantitative estimate of drug-likeness (QED) is 0.102. The minimum Gasteiger partial charge on any atom is -0.497 e. The van der Waals surface area contributed by atoms with Gasteiger partial charge in [0.2, 0.25) is 0 Å². The van der Waals surface area contributed by atoms with Gasteiger partial charge in [-0.3, -0.25) is 0 Å². The molecule has 4 heterocycles. The zero-order valence-electron chi connectivity index (χ0n) is 72.7. The minimum absolute atomic E-state index is 0.0996. The first-order valence-corrected chi connectivity index (χ1v) is 45.1. The average Bonchev–Trinajstić information content (AvgIpc) is 1.58. The second kappa shape index (κ2) is 33.2. The van der Waals surface area contributed by atoms with E-state index < -0.39 is 0 Å². The van der Waals surface area contributed by atoms with Crippen molar-refractivity contribution < 1.29 is 4.74 Å². The summed E-state index contributed by atoms with van der Waals surface area (Å²) < 4.78 is 15.5. The Morgan fingerprint density at radius 2 is 0.682 bits per heavy atom. The van der Waals surface area contributed by atoms with Gasteiger partial charge in [-0.2, -0.15) is 0 Å². The Bertz CT molecular complexity index is 8120. The van der Waals surface area contributed by atoms with E-state index in [1.807, 2.05) is 17.4 Å². The number of nitrogens with zero attached hydrogens (tertiary/aromatic N) is 6. The Morgan fingerprint density at radius 1 is 0.256 bits per heavy atom. The first-order chi connectivity index (χ1) is 63.5. The van der Waals surface area contributed by atoms with Crippen molar-refractivity contribution >= 4 is 148 Å². The minimum atomic E-state index is -0.0996. The number of methoxy groups -OCH3 is 1. The summed E-state index contributed by atoms with van der Waals surface area (Å²) in [4.78, 5) is 7.25. The first-order valence-electron chi connectivity index (χ1n) is 44.3. The number of thiophene rings is 1. The Kier molecular flexibility index (Phi) is 20.3. The summed E-state index contributed by atoms with van der Waals surface area (Å²) in [5.41, 5.74) is 34.8. The average molecular weight is 1680 g/mol. The van der Waals surface area contributed by atoms with Crippen LogP contribution in [0.2, 0.25) is 0 Å². The zero-order chi connectivity index (χ0) is 86.8. The Labute approximate surface area is 756 Å². The SMILES string of the molecule is COc1ccc2c(c1)c1c(N(c3ccccc3)c3ccc4sc5ccccc5c4c3)cccc1n2-c1ccccc1.Cc1cc(C)c2c(c1)c1c(N(c3ccccc3)c3ccc(-c4ccccc4)cc3)cccc1n2-c1ccccc1.Cc1ccc2c3c(N(c4ccc(-c5ccccc5)cc4)c4ccc5c(c4)C(C)(C)c4ccccc4-5)cccc3n(-c3ccccc3)c2c1. The summed E-state index contributed by atoms with van der Waals surface area (Å²) in [5.74, 6) is 0.844. The lowest BCUT2D eigenvalue weighted by molar-refractivity contribution is 0.415. The predicted octanol–water partition coefficient (Wildman–Crippen LogP) is 33.7. The molecule has 4 aromatic heterocycles. The number of aromatic nitrogens is 3. The van der Waals surface area contributed by atoms with E-state index in [2.05, 4.69) is 506 Å². The second-order valence-electron chi connectivity index (χ2n) is 34.1. The number of benzene rings is 19. The van der Waals surface area contributed by atoms with Crippen molar-refractivity contribution in [3.8, 4) is 56.2 Å². The molecule has 0 amide bonds. The number of aryl methyl sites for hydroxylation is 3. The fourth-order valence-corrected chi connectivity index (χ4v) is 21.1. The molecule has 0 bridgehead atoms. The van der Waals surface area contributed by atoms with Gasteiger partial charge in [-0.15, -0.1) is 11.3 Å². The summed E-state index contributed by atoms with van der Waals surface area (Å²) in [6.07, 6.45) is 0. The monoisotopic (exact) mass is 1680 g/mol. The molecule has 24 rings (SSSR count). The third-order valence-corrected chi connectivity index (χ3v) is 27.0. The maximum atomic E-state index is 5.71. The van der Waals surface area contributed by atoms with E-state index in [0.717, 1.165) is 79.0 Å². The normalized spacial score (nSPS) is 12.0. The molecule has 1 aliphatic rings. The summed E-state index contributed by atoms with van der Waals surface area (Å²) >= 11 is 1.85. The van der Waals surface area contributed by atoms with Gasteiger partial charge in [-0.1, -0.05) is 280 Å². The number of anilines is 9. The van der Waals surface area contributed by atoms with E-state index in [9.17, 15) is 0 Å². The smallest absolute Gasteiger partial charge is 0.119 e. The van der Waals surface area contributed by atoms with Crippen LogP contribution in [0.25, 0.3) is 136 Å². The van der Waals surface area contributed by atoms with Crippen LogP contribution in [0.1, 0.15) is 41.7 Å². The van der Waals surface area contributed by atoms with Gasteiger partial charge >= 0.3 is 0 Å². The molecule has 0 fully saturated rings. The van der Waals surface area contributed by atoms with Gasteiger partial charge in [-0.25, -0.2) is 0 Å². The predicted molar refractivity (Wildman–Crippen MR) is 548 cm³/mol. The van der Waals surface area contributed by atoms with Crippen molar-refractivity contribution in [3.05, 3.63) is 477 Å². The third kappa shape index (κ3) is 14.1. The molecule has 7 nitrogen and oxygen atoms in total. The van der Waals surface area contributed by atoms with Crippen LogP contribution in [0.4, 0.5) is 51.2 Å². The van der Waals surface area contributed by atoms with Crippen LogP contribution in [0.3, 0.4) is 0 Å². The van der Waals surface area contributed by atoms with Crippen molar-refractivity contribution in [2.24, 2.45) is 0 Å². The van der Waals surface area contributed by atoms with Gasteiger partial charge in [0.25, 0.3) is 0 Å². The fourth-order valence-electron chi connectivity index (χ4n) is 20.0. The molecule has 0 unspecified atom stereocenters.